The fraction of sp³-hybridized carbons (Fsp3) is 0.826. The average molecular weight is 343 g/mol. The average Bonchev–Trinajstić information content (AvgIpc) is 2.67. The van der Waals surface area contributed by atoms with Gasteiger partial charge < -0.3 is 0 Å². The number of hydrogen-bond donors (Lipinski definition) is 0. The van der Waals surface area contributed by atoms with Gasteiger partial charge in [0.1, 0.15) is 5.82 Å². The van der Waals surface area contributed by atoms with E-state index in [1.165, 1.54) is 77.0 Å². The zero-order chi connectivity index (χ0) is 17.5. The van der Waals surface area contributed by atoms with Crippen LogP contribution < -0.4 is 0 Å². The van der Waals surface area contributed by atoms with Gasteiger partial charge in [-0.1, -0.05) is 51.9 Å². The van der Waals surface area contributed by atoms with Crippen LogP contribution in [0.2, 0.25) is 0 Å². The first-order valence-electron chi connectivity index (χ1n) is 11.0. The molecule has 2 heteroatoms. The number of rotatable bonds is 7. The van der Waals surface area contributed by atoms with E-state index >= 15 is 0 Å². The molecule has 2 aliphatic rings. The van der Waals surface area contributed by atoms with Crippen molar-refractivity contribution in [1.82, 2.24) is 9.97 Å². The standard InChI is InChI=1S/C23H38N2/c1-3-4-5-19-6-11-21(12-7-19)22-13-8-20(9-14-22)10-15-23-24-16-18(2)17-25-23/h16-17,19-22H,3-15H2,1-2H3/t19-,20-,21-,22-. The quantitative estimate of drug-likeness (QED) is 0.563. The lowest BCUT2D eigenvalue weighted by atomic mass is 9.68. The SMILES string of the molecule is CCCC[C@H]1CC[C@H]([C@H]2CC[C@H](CCc3ncc(C)cn3)CC2)CC1. The molecule has 0 aromatic carbocycles. The minimum absolute atomic E-state index is 0.919. The molecule has 2 saturated carbocycles. The fourth-order valence-electron chi connectivity index (χ4n) is 5.27. The van der Waals surface area contributed by atoms with Crippen molar-refractivity contribution < 1.29 is 0 Å². The first-order chi connectivity index (χ1) is 12.2. The Morgan fingerprint density at radius 2 is 1.32 bits per heavy atom. The lowest BCUT2D eigenvalue weighted by molar-refractivity contribution is 0.140. The molecule has 0 amide bonds. The first-order valence-corrected chi connectivity index (χ1v) is 11.0. The molecule has 0 spiro atoms. The molecule has 0 atom stereocenters. The van der Waals surface area contributed by atoms with Gasteiger partial charge in [0.15, 0.2) is 0 Å². The number of unbranched alkanes of at least 4 members (excludes halogenated alkanes) is 1. The summed E-state index contributed by atoms with van der Waals surface area (Å²) in [5.41, 5.74) is 1.16. The van der Waals surface area contributed by atoms with Gasteiger partial charge in [0.2, 0.25) is 0 Å². The maximum atomic E-state index is 4.47. The Morgan fingerprint density at radius 1 is 0.800 bits per heavy atom. The predicted octanol–water partition coefficient (Wildman–Crippen LogP) is 6.52. The molecule has 140 valence electrons. The predicted molar refractivity (Wildman–Crippen MR) is 106 cm³/mol. The van der Waals surface area contributed by atoms with Gasteiger partial charge in [-0.05, 0) is 68.3 Å². The van der Waals surface area contributed by atoms with Crippen LogP contribution in [0.25, 0.3) is 0 Å². The Balaban J connectivity index is 1.34. The summed E-state index contributed by atoms with van der Waals surface area (Å²) in [7, 11) is 0. The molecule has 25 heavy (non-hydrogen) atoms. The molecule has 0 N–H and O–H groups in total. The van der Waals surface area contributed by atoms with Crippen molar-refractivity contribution in [3.05, 3.63) is 23.8 Å². The van der Waals surface area contributed by atoms with Gasteiger partial charge in [0, 0.05) is 18.8 Å². The Labute approximate surface area is 155 Å². The van der Waals surface area contributed by atoms with Crippen molar-refractivity contribution in [2.75, 3.05) is 0 Å². The highest BCUT2D eigenvalue weighted by Gasteiger charge is 2.30. The smallest absolute Gasteiger partial charge is 0.128 e. The van der Waals surface area contributed by atoms with Crippen molar-refractivity contribution in [2.45, 2.75) is 97.3 Å². The van der Waals surface area contributed by atoms with Gasteiger partial charge in [0.05, 0.1) is 0 Å². The second-order valence-corrected chi connectivity index (χ2v) is 8.92. The maximum absolute atomic E-state index is 4.47. The number of aromatic nitrogens is 2. The van der Waals surface area contributed by atoms with E-state index in [9.17, 15) is 0 Å². The van der Waals surface area contributed by atoms with Gasteiger partial charge >= 0.3 is 0 Å². The molecule has 2 fully saturated rings. The third kappa shape index (κ3) is 5.79. The van der Waals surface area contributed by atoms with Crippen LogP contribution in [-0.2, 0) is 6.42 Å². The number of hydrogen-bond acceptors (Lipinski definition) is 2. The minimum Gasteiger partial charge on any atom is -0.241 e. The zero-order valence-corrected chi connectivity index (χ0v) is 16.6. The molecule has 0 unspecified atom stereocenters. The van der Waals surface area contributed by atoms with E-state index in [-0.39, 0.29) is 0 Å². The fourth-order valence-corrected chi connectivity index (χ4v) is 5.27. The van der Waals surface area contributed by atoms with E-state index in [1.807, 2.05) is 12.4 Å². The zero-order valence-electron chi connectivity index (χ0n) is 16.6. The third-order valence-electron chi connectivity index (χ3n) is 7.03. The van der Waals surface area contributed by atoms with E-state index in [1.54, 1.807) is 0 Å². The normalized spacial score (nSPS) is 30.3. The van der Waals surface area contributed by atoms with Crippen LogP contribution in [0.3, 0.4) is 0 Å². The van der Waals surface area contributed by atoms with Gasteiger partial charge in [-0.25, -0.2) is 9.97 Å². The summed E-state index contributed by atoms with van der Waals surface area (Å²) < 4.78 is 0. The van der Waals surface area contributed by atoms with Crippen molar-refractivity contribution in [2.24, 2.45) is 23.7 Å². The van der Waals surface area contributed by atoms with Crippen LogP contribution in [0.5, 0.6) is 0 Å². The van der Waals surface area contributed by atoms with Crippen LogP contribution in [0, 0.1) is 30.6 Å². The van der Waals surface area contributed by atoms with Gasteiger partial charge in [-0.15, -0.1) is 0 Å². The molecule has 2 aliphatic carbocycles. The Hall–Kier alpha value is -0.920. The molecular formula is C23H38N2. The van der Waals surface area contributed by atoms with Gasteiger partial charge in [0.25, 0.3) is 0 Å². The second-order valence-electron chi connectivity index (χ2n) is 8.92. The second kappa shape index (κ2) is 9.69. The van der Waals surface area contributed by atoms with Crippen LogP contribution >= 0.6 is 0 Å². The van der Waals surface area contributed by atoms with Crippen LogP contribution in [0.4, 0.5) is 0 Å². The summed E-state index contributed by atoms with van der Waals surface area (Å²) in [5.74, 6) is 5.11. The monoisotopic (exact) mass is 342 g/mol. The van der Waals surface area contributed by atoms with Crippen LogP contribution in [0.1, 0.15) is 95.4 Å². The lowest BCUT2D eigenvalue weighted by Crippen LogP contribution is -2.26. The molecule has 1 heterocycles. The number of aryl methyl sites for hydroxylation is 2. The lowest BCUT2D eigenvalue weighted by Gasteiger charge is -2.38. The molecule has 2 nitrogen and oxygen atoms in total. The minimum atomic E-state index is 0.919. The highest BCUT2D eigenvalue weighted by molar-refractivity contribution is 5.02. The maximum Gasteiger partial charge on any atom is 0.128 e. The molecule has 3 rings (SSSR count). The highest BCUT2D eigenvalue weighted by atomic mass is 14.9. The van der Waals surface area contributed by atoms with E-state index < -0.39 is 0 Å². The summed E-state index contributed by atoms with van der Waals surface area (Å²) in [6, 6.07) is 0. The topological polar surface area (TPSA) is 25.8 Å². The molecule has 0 radical (unpaired) electrons. The Kier molecular flexibility index (Phi) is 7.31. The van der Waals surface area contributed by atoms with Crippen molar-refractivity contribution in [3.8, 4) is 0 Å². The summed E-state index contributed by atoms with van der Waals surface area (Å²) >= 11 is 0. The Morgan fingerprint density at radius 3 is 1.84 bits per heavy atom. The summed E-state index contributed by atoms with van der Waals surface area (Å²) in [6.07, 6.45) is 22.6. The molecule has 0 saturated heterocycles. The van der Waals surface area contributed by atoms with Crippen LogP contribution in [-0.4, -0.2) is 9.97 Å². The van der Waals surface area contributed by atoms with Crippen LogP contribution in [0.15, 0.2) is 12.4 Å². The molecular weight excluding hydrogens is 304 g/mol. The highest BCUT2D eigenvalue weighted by Crippen LogP contribution is 2.42. The van der Waals surface area contributed by atoms with Crippen molar-refractivity contribution >= 4 is 0 Å². The van der Waals surface area contributed by atoms with E-state index in [2.05, 4.69) is 23.8 Å². The molecule has 0 aliphatic heterocycles. The van der Waals surface area contributed by atoms with E-state index in [0.717, 1.165) is 41.5 Å². The third-order valence-corrected chi connectivity index (χ3v) is 7.03. The van der Waals surface area contributed by atoms with Gasteiger partial charge in [-0.3, -0.25) is 0 Å². The molecule has 1 aromatic rings. The largest absolute Gasteiger partial charge is 0.241 e. The first kappa shape index (κ1) is 18.9. The molecule has 0 bridgehead atoms. The van der Waals surface area contributed by atoms with Gasteiger partial charge in [-0.2, -0.15) is 0 Å². The van der Waals surface area contributed by atoms with Crippen molar-refractivity contribution in [3.63, 3.8) is 0 Å². The number of nitrogens with zero attached hydrogens (tertiary/aromatic N) is 2. The summed E-state index contributed by atoms with van der Waals surface area (Å²) in [5, 5.41) is 0. The summed E-state index contributed by atoms with van der Waals surface area (Å²) in [4.78, 5) is 8.94. The van der Waals surface area contributed by atoms with E-state index in [4.69, 9.17) is 0 Å². The van der Waals surface area contributed by atoms with Crippen molar-refractivity contribution in [1.29, 1.82) is 0 Å². The van der Waals surface area contributed by atoms with E-state index in [0.29, 0.717) is 0 Å². The Bertz CT molecular complexity index is 479. The summed E-state index contributed by atoms with van der Waals surface area (Å²) in [6.45, 7) is 4.39. The molecule has 1 aromatic heterocycles.